The largest absolute Gasteiger partial charge is 0.497 e. The SMILES string of the molecule is CC[C@@]1(OCc2ccc(OC)cc2)[C@H]([C@@H]2[C@@H]3C=C[C@@](O[Si](C)(C)C(C)(C)C)(OO3)[C@]2(CC)OCc2ccc(OC)cc2)[C@@H]2C=C[C@@]1(O[Si](C)(C)C(C)(C)C)OO2. The summed E-state index contributed by atoms with van der Waals surface area (Å²) in [6.07, 6.45) is 8.27. The maximum Gasteiger partial charge on any atom is 0.241 e. The fraction of sp³-hybridized carbons (Fsp3) is 0.636. The van der Waals surface area contributed by atoms with Crippen molar-refractivity contribution in [3.63, 3.8) is 0 Å². The Bertz CT molecular complexity index is 1600. The normalized spacial score (nSPS) is 32.9. The summed E-state index contributed by atoms with van der Waals surface area (Å²) in [6, 6.07) is 16.0. The first-order chi connectivity index (χ1) is 26.2. The van der Waals surface area contributed by atoms with Crippen molar-refractivity contribution in [3.05, 3.63) is 84.0 Å². The number of benzene rings is 2. The van der Waals surface area contributed by atoms with Crippen LogP contribution in [0.5, 0.6) is 11.5 Å². The molecule has 4 heterocycles. The molecule has 4 aliphatic heterocycles. The summed E-state index contributed by atoms with van der Waals surface area (Å²) < 4.78 is 40.7. The molecule has 2 aliphatic carbocycles. The van der Waals surface area contributed by atoms with Crippen molar-refractivity contribution >= 4 is 16.6 Å². The van der Waals surface area contributed by atoms with Crippen LogP contribution in [0.3, 0.4) is 0 Å². The van der Waals surface area contributed by atoms with Crippen molar-refractivity contribution in [2.45, 2.75) is 153 Å². The van der Waals surface area contributed by atoms with E-state index >= 15 is 0 Å². The predicted octanol–water partition coefficient (Wildman–Crippen LogP) is 10.2. The van der Waals surface area contributed by atoms with Crippen molar-refractivity contribution in [3.8, 4) is 11.5 Å². The minimum absolute atomic E-state index is 0.141. The molecule has 2 aromatic rings. The standard InChI is InChI=1S/C44H66O10Si2/c1-15-41(47-29-31-17-21-33(45-9)22-18-31)37(35-25-27-43(41,51-49-35)53-55(11,12)39(3,4)5)38-36-26-28-44(52-50-36,54-56(13,14)40(6,7)8)42(38,16-2)48-30-32-19-23-34(46-10)24-20-32/h17-28,35-38H,15-16,29-30H2,1-14H3/t35-,36-,37-,38-,41+,42+,43-,44-/m0/s1. The maximum atomic E-state index is 7.45. The van der Waals surface area contributed by atoms with Gasteiger partial charge in [-0.05, 0) is 96.7 Å². The van der Waals surface area contributed by atoms with Gasteiger partial charge >= 0.3 is 0 Å². The third-order valence-corrected chi connectivity index (χ3v) is 22.6. The Kier molecular flexibility index (Phi) is 11.8. The molecule has 2 saturated heterocycles. The minimum atomic E-state index is -2.54. The third-order valence-electron chi connectivity index (χ3n) is 13.7. The van der Waals surface area contributed by atoms with Gasteiger partial charge in [0.15, 0.2) is 16.6 Å². The fourth-order valence-corrected chi connectivity index (χ4v) is 11.0. The molecule has 56 heavy (non-hydrogen) atoms. The highest BCUT2D eigenvalue weighted by Crippen LogP contribution is 2.64. The Hall–Kier alpha value is -2.37. The van der Waals surface area contributed by atoms with E-state index in [9.17, 15) is 0 Å². The first-order valence-corrected chi connectivity index (χ1v) is 26.0. The molecule has 12 heteroatoms. The average molecular weight is 811 g/mol. The Morgan fingerprint density at radius 3 is 1.16 bits per heavy atom. The van der Waals surface area contributed by atoms with Crippen LogP contribution in [0.15, 0.2) is 72.8 Å². The lowest BCUT2D eigenvalue weighted by atomic mass is 9.56. The smallest absolute Gasteiger partial charge is 0.241 e. The van der Waals surface area contributed by atoms with Crippen molar-refractivity contribution < 1.29 is 47.3 Å². The molecule has 10 nitrogen and oxygen atoms in total. The molecule has 0 amide bonds. The zero-order chi connectivity index (χ0) is 41.0. The van der Waals surface area contributed by atoms with E-state index < -0.39 is 63.5 Å². The molecule has 4 bridgehead atoms. The first-order valence-electron chi connectivity index (χ1n) is 20.2. The fourth-order valence-electron chi connectivity index (χ4n) is 8.35. The molecule has 310 valence electrons. The highest BCUT2D eigenvalue weighted by atomic mass is 28.4. The molecule has 0 spiro atoms. The van der Waals surface area contributed by atoms with E-state index in [1.807, 2.05) is 60.7 Å². The Balaban J connectivity index is 1.55. The molecule has 0 unspecified atom stereocenters. The molecular formula is C44H66O10Si2. The number of rotatable bonds is 15. The minimum Gasteiger partial charge on any atom is -0.497 e. The van der Waals surface area contributed by atoms with Crippen molar-refractivity contribution in [1.29, 1.82) is 0 Å². The van der Waals surface area contributed by atoms with Gasteiger partial charge < -0.3 is 27.8 Å². The van der Waals surface area contributed by atoms with E-state index in [4.69, 9.17) is 47.3 Å². The Morgan fingerprint density at radius 1 is 0.571 bits per heavy atom. The summed E-state index contributed by atoms with van der Waals surface area (Å²) in [5, 5.41) is -0.283. The summed E-state index contributed by atoms with van der Waals surface area (Å²) >= 11 is 0. The molecule has 0 saturated carbocycles. The number of methoxy groups -OCH3 is 2. The lowest BCUT2D eigenvalue weighted by molar-refractivity contribution is -0.537. The van der Waals surface area contributed by atoms with Gasteiger partial charge in [0.25, 0.3) is 0 Å². The van der Waals surface area contributed by atoms with Crippen LogP contribution in [0.25, 0.3) is 0 Å². The van der Waals surface area contributed by atoms with Gasteiger partial charge in [-0.15, -0.1) is 0 Å². The van der Waals surface area contributed by atoms with E-state index in [-0.39, 0.29) is 10.1 Å². The van der Waals surface area contributed by atoms with Gasteiger partial charge in [-0.1, -0.05) is 91.8 Å². The van der Waals surface area contributed by atoms with Gasteiger partial charge in [0.05, 0.1) is 27.4 Å². The van der Waals surface area contributed by atoms with Gasteiger partial charge in [-0.25, -0.2) is 9.78 Å². The summed E-state index contributed by atoms with van der Waals surface area (Å²) in [6.45, 7) is 27.2. The zero-order valence-electron chi connectivity index (χ0n) is 36.1. The summed E-state index contributed by atoms with van der Waals surface area (Å²) in [5.74, 6) is -2.04. The number of fused-ring (bicyclic) bond motifs is 5. The molecule has 8 rings (SSSR count). The molecule has 2 aromatic carbocycles. The van der Waals surface area contributed by atoms with Gasteiger partial charge in [0.1, 0.15) is 34.9 Å². The Labute approximate surface area is 337 Å². The quantitative estimate of drug-likeness (QED) is 0.0984. The lowest BCUT2D eigenvalue weighted by Gasteiger charge is -2.67. The van der Waals surface area contributed by atoms with Gasteiger partial charge in [-0.2, -0.15) is 9.78 Å². The summed E-state index contributed by atoms with van der Waals surface area (Å²) in [7, 11) is -1.75. The van der Waals surface area contributed by atoms with Crippen LogP contribution >= 0.6 is 0 Å². The van der Waals surface area contributed by atoms with Crippen molar-refractivity contribution in [2.75, 3.05) is 14.2 Å². The highest BCUT2D eigenvalue weighted by Gasteiger charge is 2.77. The molecule has 0 aromatic heterocycles. The van der Waals surface area contributed by atoms with Crippen LogP contribution in [-0.2, 0) is 51.1 Å². The van der Waals surface area contributed by atoms with Crippen LogP contribution in [0.4, 0.5) is 0 Å². The number of ether oxygens (including phenoxy) is 4. The van der Waals surface area contributed by atoms with Gasteiger partial charge in [0, 0.05) is 11.8 Å². The highest BCUT2D eigenvalue weighted by molar-refractivity contribution is 6.74. The monoisotopic (exact) mass is 810 g/mol. The van der Waals surface area contributed by atoms with Crippen molar-refractivity contribution in [2.24, 2.45) is 11.8 Å². The van der Waals surface area contributed by atoms with E-state index in [1.54, 1.807) is 14.2 Å². The second-order valence-corrected chi connectivity index (χ2v) is 28.3. The van der Waals surface area contributed by atoms with E-state index in [0.29, 0.717) is 26.1 Å². The van der Waals surface area contributed by atoms with E-state index in [1.165, 1.54) is 0 Å². The predicted molar refractivity (Wildman–Crippen MR) is 221 cm³/mol. The van der Waals surface area contributed by atoms with Gasteiger partial charge in [0.2, 0.25) is 11.6 Å². The van der Waals surface area contributed by atoms with Crippen LogP contribution in [0, 0.1) is 11.8 Å². The zero-order valence-corrected chi connectivity index (χ0v) is 38.1. The van der Waals surface area contributed by atoms with E-state index in [2.05, 4.69) is 93.7 Å². The summed E-state index contributed by atoms with van der Waals surface area (Å²) in [4.78, 5) is 26.0. The maximum absolute atomic E-state index is 7.45. The lowest BCUT2D eigenvalue weighted by Crippen LogP contribution is -2.80. The van der Waals surface area contributed by atoms with E-state index in [0.717, 1.165) is 22.6 Å². The number of hydrogen-bond acceptors (Lipinski definition) is 10. The topological polar surface area (TPSA) is 92.3 Å². The number of hydrogen-bond donors (Lipinski definition) is 0. The second-order valence-electron chi connectivity index (χ2n) is 18.9. The molecule has 0 N–H and O–H groups in total. The second kappa shape index (κ2) is 15.3. The molecule has 0 radical (unpaired) electrons. The molecule has 8 atom stereocenters. The molecule has 2 fully saturated rings. The van der Waals surface area contributed by atoms with Crippen LogP contribution in [0.2, 0.25) is 36.3 Å². The Morgan fingerprint density at radius 2 is 0.911 bits per heavy atom. The van der Waals surface area contributed by atoms with Crippen LogP contribution in [-0.4, -0.2) is 65.8 Å². The van der Waals surface area contributed by atoms with Crippen LogP contribution < -0.4 is 9.47 Å². The third kappa shape index (κ3) is 7.20. The summed E-state index contributed by atoms with van der Waals surface area (Å²) in [5.41, 5.74) is -0.180. The molecular weight excluding hydrogens is 745 g/mol. The van der Waals surface area contributed by atoms with Gasteiger partial charge in [-0.3, -0.25) is 0 Å². The van der Waals surface area contributed by atoms with Crippen LogP contribution in [0.1, 0.15) is 79.4 Å². The molecule has 6 aliphatic rings. The average Bonchev–Trinajstić information content (AvgIpc) is 3.16. The van der Waals surface area contributed by atoms with Crippen molar-refractivity contribution in [1.82, 2.24) is 0 Å². The first kappa shape index (κ1) is 43.2.